The molecule has 7 heteroatoms. The Morgan fingerprint density at radius 3 is 2.17 bits per heavy atom. The summed E-state index contributed by atoms with van der Waals surface area (Å²) in [5.74, 6) is 0.267. The lowest BCUT2D eigenvalue weighted by Crippen LogP contribution is -2.42. The molecular formula is C23H35ClN2O3Si. The Balaban J connectivity index is 2.38. The van der Waals surface area contributed by atoms with Gasteiger partial charge in [-0.3, -0.25) is 4.79 Å². The first-order valence-corrected chi connectivity index (χ1v) is 13.5. The molecule has 0 N–H and O–H groups in total. The molecule has 0 spiro atoms. The topological polar surface area (TPSA) is 53.4 Å². The average Bonchev–Trinajstić information content (AvgIpc) is 2.63. The van der Waals surface area contributed by atoms with E-state index in [-0.39, 0.29) is 26.8 Å². The minimum atomic E-state index is -1.99. The van der Waals surface area contributed by atoms with Crippen molar-refractivity contribution in [2.75, 3.05) is 6.61 Å². The SMILES string of the molecule is Cn1ncc(OC(CO[Si](C)(C)C(C)(C)C)c2ccc(C(C)(C)C)cc2)c(Cl)c1=O. The maximum absolute atomic E-state index is 12.2. The molecule has 0 saturated heterocycles. The Kier molecular flexibility index (Phi) is 7.27. The van der Waals surface area contributed by atoms with E-state index in [1.165, 1.54) is 16.4 Å². The molecule has 166 valence electrons. The van der Waals surface area contributed by atoms with Gasteiger partial charge in [0, 0.05) is 7.05 Å². The number of rotatable bonds is 6. The molecule has 1 unspecified atom stereocenters. The van der Waals surface area contributed by atoms with Crippen LogP contribution in [0.4, 0.5) is 0 Å². The predicted octanol–water partition coefficient (Wildman–Crippen LogP) is 5.87. The Labute approximate surface area is 186 Å². The molecule has 0 aliphatic carbocycles. The number of hydrogen-bond acceptors (Lipinski definition) is 4. The van der Waals surface area contributed by atoms with Crippen molar-refractivity contribution in [3.05, 3.63) is 57.0 Å². The number of aryl methyl sites for hydroxylation is 1. The molecule has 0 fully saturated rings. The molecule has 0 amide bonds. The molecule has 1 atom stereocenters. The lowest BCUT2D eigenvalue weighted by molar-refractivity contribution is 0.120. The summed E-state index contributed by atoms with van der Waals surface area (Å²) in [5, 5.41) is 4.15. The molecule has 2 aromatic rings. The summed E-state index contributed by atoms with van der Waals surface area (Å²) in [6, 6.07) is 8.34. The van der Waals surface area contributed by atoms with Crippen molar-refractivity contribution in [2.45, 2.75) is 71.2 Å². The van der Waals surface area contributed by atoms with Crippen molar-refractivity contribution in [3.63, 3.8) is 0 Å². The fraction of sp³-hybridized carbons (Fsp3) is 0.565. The van der Waals surface area contributed by atoms with Crippen LogP contribution in [0.15, 0.2) is 35.3 Å². The van der Waals surface area contributed by atoms with E-state index in [1.807, 2.05) is 0 Å². The third-order valence-electron chi connectivity index (χ3n) is 5.87. The summed E-state index contributed by atoms with van der Waals surface area (Å²) in [6.07, 6.45) is 1.08. The minimum absolute atomic E-state index is 0.0242. The molecule has 0 aliphatic rings. The van der Waals surface area contributed by atoms with Gasteiger partial charge in [0.05, 0.1) is 12.8 Å². The minimum Gasteiger partial charge on any atom is -0.480 e. The van der Waals surface area contributed by atoms with E-state index in [4.69, 9.17) is 20.8 Å². The molecule has 1 aromatic heterocycles. The second-order valence-corrected chi connectivity index (χ2v) is 15.5. The lowest BCUT2D eigenvalue weighted by atomic mass is 9.86. The van der Waals surface area contributed by atoms with Crippen molar-refractivity contribution in [2.24, 2.45) is 7.05 Å². The average molecular weight is 451 g/mol. The predicted molar refractivity (Wildman–Crippen MR) is 126 cm³/mol. The van der Waals surface area contributed by atoms with E-state index in [0.717, 1.165) is 5.56 Å². The first-order valence-electron chi connectivity index (χ1n) is 10.3. The van der Waals surface area contributed by atoms with Crippen LogP contribution in [0.3, 0.4) is 0 Å². The van der Waals surface area contributed by atoms with Crippen LogP contribution in [0.1, 0.15) is 58.8 Å². The molecule has 0 saturated carbocycles. The highest BCUT2D eigenvalue weighted by molar-refractivity contribution is 6.74. The summed E-state index contributed by atoms with van der Waals surface area (Å²) in [7, 11) is -0.430. The Bertz CT molecular complexity index is 925. The monoisotopic (exact) mass is 450 g/mol. The van der Waals surface area contributed by atoms with Crippen molar-refractivity contribution in [1.29, 1.82) is 0 Å². The van der Waals surface area contributed by atoms with Gasteiger partial charge in [0.2, 0.25) is 0 Å². The maximum atomic E-state index is 12.2. The largest absolute Gasteiger partial charge is 0.480 e. The zero-order valence-electron chi connectivity index (χ0n) is 19.7. The second-order valence-electron chi connectivity index (χ2n) is 10.3. The summed E-state index contributed by atoms with van der Waals surface area (Å²) in [4.78, 5) is 12.2. The first-order chi connectivity index (χ1) is 13.6. The molecule has 0 aliphatic heterocycles. The highest BCUT2D eigenvalue weighted by Gasteiger charge is 2.38. The van der Waals surface area contributed by atoms with E-state index in [2.05, 4.69) is 84.0 Å². The number of benzene rings is 1. The number of nitrogens with zero attached hydrogens (tertiary/aromatic N) is 2. The Morgan fingerprint density at radius 1 is 1.10 bits per heavy atom. The van der Waals surface area contributed by atoms with E-state index in [1.54, 1.807) is 7.05 Å². The van der Waals surface area contributed by atoms with Crippen LogP contribution >= 0.6 is 11.6 Å². The van der Waals surface area contributed by atoms with Gasteiger partial charge >= 0.3 is 0 Å². The van der Waals surface area contributed by atoms with Crippen molar-refractivity contribution >= 4 is 19.9 Å². The molecule has 0 bridgehead atoms. The van der Waals surface area contributed by atoms with E-state index >= 15 is 0 Å². The third kappa shape index (κ3) is 5.74. The van der Waals surface area contributed by atoms with Crippen LogP contribution in [0.5, 0.6) is 5.75 Å². The summed E-state index contributed by atoms with van der Waals surface area (Å²) < 4.78 is 13.8. The number of halogens is 1. The van der Waals surface area contributed by atoms with Crippen molar-refractivity contribution < 1.29 is 9.16 Å². The van der Waals surface area contributed by atoms with Gasteiger partial charge in [0.1, 0.15) is 6.10 Å². The van der Waals surface area contributed by atoms with Crippen molar-refractivity contribution in [3.8, 4) is 5.75 Å². The Morgan fingerprint density at radius 2 is 1.67 bits per heavy atom. The standard InChI is InChI=1S/C23H35ClN2O3Si/c1-22(2,3)17-12-10-16(11-13-17)19(15-28-30(8,9)23(4,5)6)29-18-14-25-26(7)21(27)20(18)24/h10-14,19H,15H2,1-9H3. The van der Waals surface area contributed by atoms with E-state index < -0.39 is 14.4 Å². The molecule has 1 aromatic carbocycles. The van der Waals surface area contributed by atoms with Gasteiger partial charge < -0.3 is 9.16 Å². The molecular weight excluding hydrogens is 416 g/mol. The normalized spacial score (nSPS) is 13.9. The van der Waals surface area contributed by atoms with Crippen molar-refractivity contribution in [1.82, 2.24) is 9.78 Å². The number of ether oxygens (including phenoxy) is 1. The van der Waals surface area contributed by atoms with Crippen LogP contribution in [-0.4, -0.2) is 24.7 Å². The van der Waals surface area contributed by atoms with Gasteiger partial charge in [-0.15, -0.1) is 0 Å². The quantitative estimate of drug-likeness (QED) is 0.516. The summed E-state index contributed by atoms with van der Waals surface area (Å²) in [6.45, 7) is 17.9. The summed E-state index contributed by atoms with van der Waals surface area (Å²) >= 11 is 6.25. The molecule has 2 rings (SSSR count). The third-order valence-corrected chi connectivity index (χ3v) is 10.7. The number of aromatic nitrogens is 2. The van der Waals surface area contributed by atoms with Crippen LogP contribution in [0.2, 0.25) is 23.2 Å². The highest BCUT2D eigenvalue weighted by Crippen LogP contribution is 2.38. The van der Waals surface area contributed by atoms with Gasteiger partial charge in [-0.05, 0) is 34.7 Å². The van der Waals surface area contributed by atoms with E-state index in [0.29, 0.717) is 6.61 Å². The molecule has 30 heavy (non-hydrogen) atoms. The first kappa shape index (κ1) is 24.6. The van der Waals surface area contributed by atoms with Gasteiger partial charge in [-0.2, -0.15) is 5.10 Å². The fourth-order valence-electron chi connectivity index (χ4n) is 2.63. The molecule has 5 nitrogen and oxygen atoms in total. The maximum Gasteiger partial charge on any atom is 0.289 e. The zero-order valence-corrected chi connectivity index (χ0v) is 21.4. The van der Waals surface area contributed by atoms with E-state index in [9.17, 15) is 4.79 Å². The van der Waals surface area contributed by atoms with Crippen LogP contribution in [0.25, 0.3) is 0 Å². The van der Waals surface area contributed by atoms with Gasteiger partial charge in [0.15, 0.2) is 19.1 Å². The Hall–Kier alpha value is -1.63. The zero-order chi connectivity index (χ0) is 22.9. The lowest BCUT2D eigenvalue weighted by Gasteiger charge is -2.37. The summed E-state index contributed by atoms with van der Waals surface area (Å²) in [5.41, 5.74) is 1.88. The van der Waals surface area contributed by atoms with Crippen LogP contribution in [0, 0.1) is 0 Å². The molecule has 0 radical (unpaired) electrons. The smallest absolute Gasteiger partial charge is 0.289 e. The fourth-order valence-corrected chi connectivity index (χ4v) is 3.84. The number of hydrogen-bond donors (Lipinski definition) is 0. The van der Waals surface area contributed by atoms with Gasteiger partial charge in [-0.1, -0.05) is 77.4 Å². The van der Waals surface area contributed by atoms with Gasteiger partial charge in [0.25, 0.3) is 5.56 Å². The van der Waals surface area contributed by atoms with Gasteiger partial charge in [-0.25, -0.2) is 4.68 Å². The van der Waals surface area contributed by atoms with Crippen LogP contribution in [-0.2, 0) is 16.9 Å². The molecule has 1 heterocycles. The van der Waals surface area contributed by atoms with Crippen LogP contribution < -0.4 is 10.3 Å². The second kappa shape index (κ2) is 8.85. The highest BCUT2D eigenvalue weighted by atomic mass is 35.5.